The fraction of sp³-hybridized carbons (Fsp3) is 0.400. The Balaban J connectivity index is 2.46. The number of rotatable bonds is 6. The second kappa shape index (κ2) is 7.17. The van der Waals surface area contributed by atoms with Crippen molar-refractivity contribution < 1.29 is 4.74 Å². The first-order valence-corrected chi connectivity index (χ1v) is 7.61. The molecule has 0 aliphatic rings. The number of nitrogens with zero attached hydrogens (tertiary/aromatic N) is 2. The number of hydrogen-bond acceptors (Lipinski definition) is 4. The van der Waals surface area contributed by atoms with E-state index in [0.717, 1.165) is 15.7 Å². The SMILES string of the molecule is COCCn1ncc(Br)c1C(NN)c1cc(C)ccc1C. The lowest BCUT2D eigenvalue weighted by atomic mass is 9.97. The fourth-order valence-electron chi connectivity index (χ4n) is 2.40. The molecule has 6 heteroatoms. The summed E-state index contributed by atoms with van der Waals surface area (Å²) < 4.78 is 7.99. The molecule has 3 N–H and O–H groups in total. The van der Waals surface area contributed by atoms with Gasteiger partial charge < -0.3 is 4.74 Å². The third-order valence-corrected chi connectivity index (χ3v) is 4.14. The summed E-state index contributed by atoms with van der Waals surface area (Å²) in [5.74, 6) is 5.84. The van der Waals surface area contributed by atoms with Gasteiger partial charge in [0.1, 0.15) is 0 Å². The molecule has 1 atom stereocenters. The summed E-state index contributed by atoms with van der Waals surface area (Å²) in [5, 5.41) is 4.39. The van der Waals surface area contributed by atoms with Crippen LogP contribution in [0.4, 0.5) is 0 Å². The second-order valence-corrected chi connectivity index (χ2v) is 5.91. The van der Waals surface area contributed by atoms with Crippen molar-refractivity contribution in [3.63, 3.8) is 0 Å². The van der Waals surface area contributed by atoms with E-state index in [1.165, 1.54) is 11.1 Å². The van der Waals surface area contributed by atoms with Gasteiger partial charge in [-0.25, -0.2) is 5.43 Å². The summed E-state index contributed by atoms with van der Waals surface area (Å²) in [6.45, 7) is 5.45. The molecule has 1 aromatic carbocycles. The lowest BCUT2D eigenvalue weighted by molar-refractivity contribution is 0.182. The number of hydrazine groups is 1. The molecule has 0 saturated carbocycles. The van der Waals surface area contributed by atoms with Crippen LogP contribution in [0.1, 0.15) is 28.4 Å². The molecular formula is C15H21BrN4O. The van der Waals surface area contributed by atoms with Crippen LogP contribution in [0, 0.1) is 13.8 Å². The zero-order valence-electron chi connectivity index (χ0n) is 12.6. The number of halogens is 1. The number of aryl methyl sites for hydroxylation is 2. The number of nitrogens with one attached hydrogen (secondary N) is 1. The summed E-state index contributed by atoms with van der Waals surface area (Å²) in [5.41, 5.74) is 7.46. The van der Waals surface area contributed by atoms with Crippen molar-refractivity contribution in [3.05, 3.63) is 51.3 Å². The van der Waals surface area contributed by atoms with E-state index in [-0.39, 0.29) is 6.04 Å². The Labute approximate surface area is 133 Å². The van der Waals surface area contributed by atoms with Crippen LogP contribution in [0.5, 0.6) is 0 Å². The molecule has 21 heavy (non-hydrogen) atoms. The highest BCUT2D eigenvalue weighted by Gasteiger charge is 2.22. The molecule has 1 unspecified atom stereocenters. The fourth-order valence-corrected chi connectivity index (χ4v) is 2.93. The third-order valence-electron chi connectivity index (χ3n) is 3.53. The van der Waals surface area contributed by atoms with Crippen molar-refractivity contribution in [3.8, 4) is 0 Å². The average molecular weight is 353 g/mol. The number of benzene rings is 1. The Hall–Kier alpha value is -1.21. The van der Waals surface area contributed by atoms with E-state index in [1.54, 1.807) is 13.3 Å². The van der Waals surface area contributed by atoms with Crippen molar-refractivity contribution in [2.24, 2.45) is 5.84 Å². The quantitative estimate of drug-likeness (QED) is 0.619. The monoisotopic (exact) mass is 352 g/mol. The molecule has 1 heterocycles. The van der Waals surface area contributed by atoms with Crippen LogP contribution >= 0.6 is 15.9 Å². The molecule has 5 nitrogen and oxygen atoms in total. The predicted molar refractivity (Wildman–Crippen MR) is 86.9 cm³/mol. The van der Waals surface area contributed by atoms with E-state index in [4.69, 9.17) is 10.6 Å². The third kappa shape index (κ3) is 3.52. The Bertz CT molecular complexity index is 612. The van der Waals surface area contributed by atoms with Gasteiger partial charge in [-0.15, -0.1) is 0 Å². The first-order valence-electron chi connectivity index (χ1n) is 6.82. The maximum absolute atomic E-state index is 5.84. The summed E-state index contributed by atoms with van der Waals surface area (Å²) in [4.78, 5) is 0. The van der Waals surface area contributed by atoms with Crippen LogP contribution < -0.4 is 11.3 Å². The number of ether oxygens (including phenoxy) is 1. The van der Waals surface area contributed by atoms with E-state index in [0.29, 0.717) is 13.2 Å². The maximum atomic E-state index is 5.84. The first-order chi connectivity index (χ1) is 10.1. The molecule has 0 bridgehead atoms. The van der Waals surface area contributed by atoms with Gasteiger partial charge in [-0.2, -0.15) is 5.10 Å². The van der Waals surface area contributed by atoms with Gasteiger partial charge in [0, 0.05) is 7.11 Å². The van der Waals surface area contributed by atoms with Crippen LogP contribution in [0.2, 0.25) is 0 Å². The summed E-state index contributed by atoms with van der Waals surface area (Å²) in [6.07, 6.45) is 1.79. The Kier molecular flexibility index (Phi) is 5.52. The zero-order valence-corrected chi connectivity index (χ0v) is 14.1. The van der Waals surface area contributed by atoms with Gasteiger partial charge in [-0.05, 0) is 40.9 Å². The van der Waals surface area contributed by atoms with Crippen LogP contribution in [-0.2, 0) is 11.3 Å². The van der Waals surface area contributed by atoms with Gasteiger partial charge >= 0.3 is 0 Å². The molecule has 0 amide bonds. The van der Waals surface area contributed by atoms with Crippen molar-refractivity contribution >= 4 is 15.9 Å². The van der Waals surface area contributed by atoms with Crippen LogP contribution in [0.15, 0.2) is 28.9 Å². The molecule has 0 aliphatic heterocycles. The molecule has 0 radical (unpaired) electrons. The minimum absolute atomic E-state index is 0.126. The number of hydrogen-bond donors (Lipinski definition) is 2. The standard InChI is InChI=1S/C15H21BrN4O/c1-10-4-5-11(2)12(8-10)14(19-17)15-13(16)9-18-20(15)6-7-21-3/h4-5,8-9,14,19H,6-7,17H2,1-3H3. The van der Waals surface area contributed by atoms with Gasteiger partial charge in [0.25, 0.3) is 0 Å². The van der Waals surface area contributed by atoms with E-state index in [2.05, 4.69) is 58.5 Å². The van der Waals surface area contributed by atoms with Crippen molar-refractivity contribution in [1.82, 2.24) is 15.2 Å². The van der Waals surface area contributed by atoms with E-state index < -0.39 is 0 Å². The van der Waals surface area contributed by atoms with E-state index in [1.807, 2.05) is 4.68 Å². The first kappa shape index (κ1) is 16.2. The van der Waals surface area contributed by atoms with Gasteiger partial charge in [-0.3, -0.25) is 10.5 Å². The van der Waals surface area contributed by atoms with Crippen molar-refractivity contribution in [2.45, 2.75) is 26.4 Å². The normalized spacial score (nSPS) is 12.6. The molecular weight excluding hydrogens is 332 g/mol. The minimum atomic E-state index is -0.126. The van der Waals surface area contributed by atoms with Crippen molar-refractivity contribution in [2.75, 3.05) is 13.7 Å². The molecule has 2 rings (SSSR count). The van der Waals surface area contributed by atoms with E-state index in [9.17, 15) is 0 Å². The smallest absolute Gasteiger partial charge is 0.0892 e. The Morgan fingerprint density at radius 3 is 2.86 bits per heavy atom. The van der Waals surface area contributed by atoms with Gasteiger partial charge in [0.05, 0.1) is 35.6 Å². The number of nitrogens with two attached hydrogens (primary N) is 1. The van der Waals surface area contributed by atoms with Gasteiger partial charge in [0.2, 0.25) is 0 Å². The molecule has 0 saturated heterocycles. The highest BCUT2D eigenvalue weighted by atomic mass is 79.9. The summed E-state index contributed by atoms with van der Waals surface area (Å²) >= 11 is 3.57. The lowest BCUT2D eigenvalue weighted by Crippen LogP contribution is -2.32. The molecule has 114 valence electrons. The van der Waals surface area contributed by atoms with Gasteiger partial charge in [-0.1, -0.05) is 23.8 Å². The molecule has 0 fully saturated rings. The van der Waals surface area contributed by atoms with E-state index >= 15 is 0 Å². The molecule has 0 aliphatic carbocycles. The highest BCUT2D eigenvalue weighted by Crippen LogP contribution is 2.30. The highest BCUT2D eigenvalue weighted by molar-refractivity contribution is 9.10. The summed E-state index contributed by atoms with van der Waals surface area (Å²) in [7, 11) is 1.68. The van der Waals surface area contributed by atoms with Crippen LogP contribution in [0.25, 0.3) is 0 Å². The van der Waals surface area contributed by atoms with Crippen molar-refractivity contribution in [1.29, 1.82) is 0 Å². The van der Waals surface area contributed by atoms with Crippen LogP contribution in [-0.4, -0.2) is 23.5 Å². The maximum Gasteiger partial charge on any atom is 0.0892 e. The lowest BCUT2D eigenvalue weighted by Gasteiger charge is -2.21. The summed E-state index contributed by atoms with van der Waals surface area (Å²) in [6, 6.07) is 6.24. The number of methoxy groups -OCH3 is 1. The molecule has 0 spiro atoms. The second-order valence-electron chi connectivity index (χ2n) is 5.05. The molecule has 2 aromatic rings. The average Bonchev–Trinajstić information content (AvgIpc) is 2.83. The number of aromatic nitrogens is 2. The Morgan fingerprint density at radius 1 is 1.43 bits per heavy atom. The zero-order chi connectivity index (χ0) is 15.4. The van der Waals surface area contributed by atoms with Crippen LogP contribution in [0.3, 0.4) is 0 Å². The largest absolute Gasteiger partial charge is 0.383 e. The topological polar surface area (TPSA) is 65.1 Å². The molecule has 1 aromatic heterocycles. The van der Waals surface area contributed by atoms with Gasteiger partial charge in [0.15, 0.2) is 0 Å². The minimum Gasteiger partial charge on any atom is -0.383 e. The predicted octanol–water partition coefficient (Wildman–Crippen LogP) is 2.46. The Morgan fingerprint density at radius 2 is 2.19 bits per heavy atom.